The molecule has 0 bridgehead atoms. The van der Waals surface area contributed by atoms with Crippen molar-refractivity contribution in [1.82, 2.24) is 4.98 Å². The minimum atomic E-state index is 0.460. The molecule has 3 rings (SSSR count). The first-order valence-electron chi connectivity index (χ1n) is 6.03. The lowest BCUT2D eigenvalue weighted by Gasteiger charge is -2.08. The number of hydrogen-bond acceptors (Lipinski definition) is 2. The van der Waals surface area contributed by atoms with Gasteiger partial charge in [-0.1, -0.05) is 42.5 Å². The van der Waals surface area contributed by atoms with Crippen molar-refractivity contribution < 1.29 is 4.74 Å². The second-order valence-electron chi connectivity index (χ2n) is 4.22. The molecule has 0 saturated heterocycles. The van der Waals surface area contributed by atoms with E-state index in [1.807, 2.05) is 42.5 Å². The number of pyridine rings is 1. The van der Waals surface area contributed by atoms with Gasteiger partial charge in [0.05, 0.1) is 0 Å². The molecule has 3 aromatic rings. The molecule has 2 nitrogen and oxygen atoms in total. The molecule has 0 amide bonds. The van der Waals surface area contributed by atoms with Crippen molar-refractivity contribution in [3.05, 3.63) is 66.4 Å². The van der Waals surface area contributed by atoms with Crippen LogP contribution in [0.25, 0.3) is 10.8 Å². The highest BCUT2D eigenvalue weighted by molar-refractivity contribution is 6.17. The molecule has 0 radical (unpaired) electrons. The van der Waals surface area contributed by atoms with Crippen molar-refractivity contribution in [2.24, 2.45) is 0 Å². The van der Waals surface area contributed by atoms with Gasteiger partial charge in [0.25, 0.3) is 0 Å². The van der Waals surface area contributed by atoms with Crippen LogP contribution in [-0.2, 0) is 5.88 Å². The predicted molar refractivity (Wildman–Crippen MR) is 77.8 cm³/mol. The van der Waals surface area contributed by atoms with Crippen molar-refractivity contribution in [2.75, 3.05) is 0 Å². The van der Waals surface area contributed by atoms with Crippen LogP contribution in [0.3, 0.4) is 0 Å². The summed E-state index contributed by atoms with van der Waals surface area (Å²) in [6.45, 7) is 0. The number of ether oxygens (including phenoxy) is 1. The highest BCUT2D eigenvalue weighted by atomic mass is 35.5. The lowest BCUT2D eigenvalue weighted by atomic mass is 10.1. The summed E-state index contributed by atoms with van der Waals surface area (Å²) in [4.78, 5) is 4.24. The fraction of sp³-hybridized carbons (Fsp3) is 0.0625. The first-order chi connectivity index (χ1) is 9.36. The molecule has 0 unspecified atom stereocenters. The third-order valence-electron chi connectivity index (χ3n) is 2.92. The van der Waals surface area contributed by atoms with E-state index in [4.69, 9.17) is 16.3 Å². The van der Waals surface area contributed by atoms with Gasteiger partial charge in [0, 0.05) is 23.5 Å². The van der Waals surface area contributed by atoms with E-state index in [1.165, 1.54) is 0 Å². The third kappa shape index (κ3) is 2.54. The number of benzene rings is 2. The largest absolute Gasteiger partial charge is 0.438 e. The quantitative estimate of drug-likeness (QED) is 0.639. The summed E-state index contributed by atoms with van der Waals surface area (Å²) in [6, 6.07) is 17.8. The van der Waals surface area contributed by atoms with Crippen LogP contribution >= 0.6 is 11.6 Å². The van der Waals surface area contributed by atoms with Gasteiger partial charge in [0.2, 0.25) is 5.88 Å². The second-order valence-corrected chi connectivity index (χ2v) is 4.48. The zero-order valence-electron chi connectivity index (χ0n) is 10.2. The molecule has 0 aliphatic carbocycles. The van der Waals surface area contributed by atoms with Crippen LogP contribution in [0.4, 0.5) is 0 Å². The second kappa shape index (κ2) is 5.29. The normalized spacial score (nSPS) is 10.6. The van der Waals surface area contributed by atoms with Crippen LogP contribution in [0.15, 0.2) is 60.8 Å². The number of rotatable bonds is 3. The number of aromatic nitrogens is 1. The Kier molecular flexibility index (Phi) is 3.34. The van der Waals surface area contributed by atoms with Gasteiger partial charge in [-0.2, -0.15) is 0 Å². The summed E-state index contributed by atoms with van der Waals surface area (Å²) in [5.41, 5.74) is 0.979. The summed E-state index contributed by atoms with van der Waals surface area (Å²) in [5.74, 6) is 1.84. The van der Waals surface area contributed by atoms with Gasteiger partial charge in [-0.05, 0) is 17.0 Å². The Labute approximate surface area is 116 Å². The van der Waals surface area contributed by atoms with Crippen molar-refractivity contribution in [3.63, 3.8) is 0 Å². The predicted octanol–water partition coefficient (Wildman–Crippen LogP) is 4.77. The third-order valence-corrected chi connectivity index (χ3v) is 3.22. The molecule has 0 saturated carbocycles. The number of alkyl halides is 1. The van der Waals surface area contributed by atoms with Gasteiger partial charge in [-0.15, -0.1) is 11.6 Å². The molecule has 0 aliphatic heterocycles. The van der Waals surface area contributed by atoms with Gasteiger partial charge < -0.3 is 4.74 Å². The Balaban J connectivity index is 1.96. The van der Waals surface area contributed by atoms with Gasteiger partial charge in [0.15, 0.2) is 0 Å². The van der Waals surface area contributed by atoms with Gasteiger partial charge in [-0.3, -0.25) is 0 Å². The Morgan fingerprint density at radius 1 is 0.947 bits per heavy atom. The monoisotopic (exact) mass is 269 g/mol. The van der Waals surface area contributed by atoms with Crippen LogP contribution in [0, 0.1) is 0 Å². The van der Waals surface area contributed by atoms with Gasteiger partial charge >= 0.3 is 0 Å². The molecule has 0 spiro atoms. The molecular weight excluding hydrogens is 258 g/mol. The highest BCUT2D eigenvalue weighted by Gasteiger charge is 2.03. The summed E-state index contributed by atoms with van der Waals surface area (Å²) in [5, 5.41) is 2.23. The molecule has 0 N–H and O–H groups in total. The van der Waals surface area contributed by atoms with Crippen LogP contribution in [0.1, 0.15) is 5.56 Å². The van der Waals surface area contributed by atoms with Crippen molar-refractivity contribution in [2.45, 2.75) is 5.88 Å². The van der Waals surface area contributed by atoms with Crippen molar-refractivity contribution in [3.8, 4) is 11.6 Å². The van der Waals surface area contributed by atoms with E-state index in [9.17, 15) is 0 Å². The maximum atomic E-state index is 5.84. The molecule has 94 valence electrons. The highest BCUT2D eigenvalue weighted by Crippen LogP contribution is 2.28. The lowest BCUT2D eigenvalue weighted by molar-refractivity contribution is 0.468. The topological polar surface area (TPSA) is 22.1 Å². The van der Waals surface area contributed by atoms with Crippen LogP contribution in [-0.4, -0.2) is 4.98 Å². The molecule has 0 aliphatic rings. The Hall–Kier alpha value is -2.06. The first-order valence-corrected chi connectivity index (χ1v) is 6.57. The zero-order valence-corrected chi connectivity index (χ0v) is 11.0. The van der Waals surface area contributed by atoms with E-state index in [0.717, 1.165) is 22.1 Å². The summed E-state index contributed by atoms with van der Waals surface area (Å²) in [7, 11) is 0. The summed E-state index contributed by atoms with van der Waals surface area (Å²) >= 11 is 5.74. The van der Waals surface area contributed by atoms with Crippen molar-refractivity contribution >= 4 is 22.4 Å². The van der Waals surface area contributed by atoms with Crippen molar-refractivity contribution in [1.29, 1.82) is 0 Å². The Bertz CT molecular complexity index is 689. The Morgan fingerprint density at radius 3 is 2.58 bits per heavy atom. The van der Waals surface area contributed by atoms with E-state index in [1.54, 1.807) is 6.20 Å². The van der Waals surface area contributed by atoms with E-state index in [2.05, 4.69) is 17.1 Å². The smallest absolute Gasteiger partial charge is 0.219 e. The molecular formula is C16H12ClNO. The molecule has 1 heterocycles. The van der Waals surface area contributed by atoms with Crippen LogP contribution in [0.5, 0.6) is 11.6 Å². The summed E-state index contributed by atoms with van der Waals surface area (Å²) < 4.78 is 5.84. The van der Waals surface area contributed by atoms with E-state index < -0.39 is 0 Å². The fourth-order valence-corrected chi connectivity index (χ4v) is 2.11. The zero-order chi connectivity index (χ0) is 13.1. The average molecular weight is 270 g/mol. The number of halogens is 1. The van der Waals surface area contributed by atoms with Crippen LogP contribution in [0.2, 0.25) is 0 Å². The molecule has 0 fully saturated rings. The minimum absolute atomic E-state index is 0.460. The average Bonchev–Trinajstić information content (AvgIpc) is 2.48. The number of nitrogens with zero attached hydrogens (tertiary/aromatic N) is 1. The molecule has 0 atom stereocenters. The molecule has 3 heteroatoms. The fourth-order valence-electron chi connectivity index (χ4n) is 1.95. The standard InChI is InChI=1S/C16H12ClNO/c17-10-12-8-9-16(18-11-12)19-15-7-3-5-13-4-1-2-6-14(13)15/h1-9,11H,10H2. The molecule has 1 aromatic heterocycles. The van der Waals surface area contributed by atoms with E-state index in [-0.39, 0.29) is 0 Å². The molecule has 19 heavy (non-hydrogen) atoms. The van der Waals surface area contributed by atoms with Crippen LogP contribution < -0.4 is 4.74 Å². The van der Waals surface area contributed by atoms with E-state index in [0.29, 0.717) is 11.8 Å². The number of fused-ring (bicyclic) bond motifs is 1. The molecule has 2 aromatic carbocycles. The SMILES string of the molecule is ClCc1ccc(Oc2cccc3ccccc23)nc1. The Morgan fingerprint density at radius 2 is 1.79 bits per heavy atom. The lowest BCUT2D eigenvalue weighted by Crippen LogP contribution is -1.89. The maximum absolute atomic E-state index is 5.84. The number of hydrogen-bond donors (Lipinski definition) is 0. The van der Waals surface area contributed by atoms with Gasteiger partial charge in [0.1, 0.15) is 5.75 Å². The first kappa shape index (κ1) is 12.0. The summed E-state index contributed by atoms with van der Waals surface area (Å²) in [6.07, 6.45) is 1.73. The maximum Gasteiger partial charge on any atom is 0.219 e. The van der Waals surface area contributed by atoms with E-state index >= 15 is 0 Å². The minimum Gasteiger partial charge on any atom is -0.438 e. The van der Waals surface area contributed by atoms with Gasteiger partial charge in [-0.25, -0.2) is 4.98 Å².